The Labute approximate surface area is 136 Å². The van der Waals surface area contributed by atoms with Crippen molar-refractivity contribution in [3.8, 4) is 0 Å². The molecule has 6 heteroatoms. The first kappa shape index (κ1) is 13.5. The van der Waals surface area contributed by atoms with Crippen LogP contribution in [-0.2, 0) is 0 Å². The molecular weight excluding hydrogens is 342 g/mol. The Morgan fingerprint density at radius 1 is 1.05 bits per heavy atom. The van der Waals surface area contributed by atoms with Crippen LogP contribution >= 0.6 is 15.9 Å². The number of aromatic nitrogens is 4. The van der Waals surface area contributed by atoms with Crippen molar-refractivity contribution in [2.45, 2.75) is 18.5 Å². The molecule has 0 fully saturated rings. The van der Waals surface area contributed by atoms with Crippen LogP contribution in [0.3, 0.4) is 0 Å². The van der Waals surface area contributed by atoms with Crippen molar-refractivity contribution < 1.29 is 0 Å². The summed E-state index contributed by atoms with van der Waals surface area (Å²) in [7, 11) is 0. The molecule has 2 atom stereocenters. The predicted molar refractivity (Wildman–Crippen MR) is 87.5 cm³/mol. The van der Waals surface area contributed by atoms with E-state index in [0.29, 0.717) is 5.95 Å². The van der Waals surface area contributed by atoms with E-state index in [1.807, 2.05) is 16.8 Å². The molecular formula is C16H14BrN5. The van der Waals surface area contributed by atoms with Gasteiger partial charge in [-0.15, -0.1) is 0 Å². The third-order valence-corrected chi connectivity index (χ3v) is 4.48. The lowest BCUT2D eigenvalue weighted by molar-refractivity contribution is 0.423. The van der Waals surface area contributed by atoms with E-state index in [-0.39, 0.29) is 12.1 Å². The van der Waals surface area contributed by atoms with E-state index in [2.05, 4.69) is 79.2 Å². The number of benzene rings is 2. The summed E-state index contributed by atoms with van der Waals surface area (Å²) in [4.78, 5) is 0. The van der Waals surface area contributed by atoms with Crippen molar-refractivity contribution in [2.24, 2.45) is 0 Å². The van der Waals surface area contributed by atoms with Gasteiger partial charge in [0.15, 0.2) is 0 Å². The number of fused-ring (bicyclic) bond motifs is 1. The first-order valence-electron chi connectivity index (χ1n) is 7.16. The second-order valence-electron chi connectivity index (χ2n) is 5.36. The molecule has 22 heavy (non-hydrogen) atoms. The van der Waals surface area contributed by atoms with E-state index in [4.69, 9.17) is 0 Å². The highest BCUT2D eigenvalue weighted by molar-refractivity contribution is 9.10. The van der Waals surface area contributed by atoms with E-state index in [1.54, 1.807) is 0 Å². The van der Waals surface area contributed by atoms with Crippen LogP contribution in [0.25, 0.3) is 0 Å². The van der Waals surface area contributed by atoms with Gasteiger partial charge >= 0.3 is 0 Å². The SMILES string of the molecule is Brc1cccc([C@H]2C[C@H](c3ccccc3)n3nnnc3N2)c1. The second kappa shape index (κ2) is 5.53. The van der Waals surface area contributed by atoms with Crippen molar-refractivity contribution >= 4 is 21.9 Å². The number of anilines is 1. The maximum absolute atomic E-state index is 4.14. The number of tetrazole rings is 1. The highest BCUT2D eigenvalue weighted by Crippen LogP contribution is 2.37. The average molecular weight is 356 g/mol. The molecule has 0 aliphatic carbocycles. The predicted octanol–water partition coefficient (Wildman–Crippen LogP) is 3.58. The maximum Gasteiger partial charge on any atom is 0.243 e. The molecule has 3 aromatic rings. The van der Waals surface area contributed by atoms with Gasteiger partial charge in [0.2, 0.25) is 5.95 Å². The molecule has 2 aromatic carbocycles. The van der Waals surface area contributed by atoms with Crippen LogP contribution in [0.15, 0.2) is 59.1 Å². The standard InChI is InChI=1S/C16H14BrN5/c17-13-8-4-7-12(9-13)14-10-15(11-5-2-1-3-6-11)22-16(18-14)19-20-21-22/h1-9,14-15H,10H2,(H,18,19,21)/t14-,15-/m1/s1. The van der Waals surface area contributed by atoms with E-state index in [0.717, 1.165) is 10.9 Å². The minimum atomic E-state index is 0.136. The zero-order chi connectivity index (χ0) is 14.9. The van der Waals surface area contributed by atoms with Gasteiger partial charge in [0, 0.05) is 4.47 Å². The number of rotatable bonds is 2. The van der Waals surface area contributed by atoms with Gasteiger partial charge < -0.3 is 5.32 Å². The molecule has 4 rings (SSSR count). The van der Waals surface area contributed by atoms with Gasteiger partial charge in [-0.25, -0.2) is 4.68 Å². The van der Waals surface area contributed by atoms with Crippen LogP contribution < -0.4 is 5.32 Å². The molecule has 1 aliphatic heterocycles. The van der Waals surface area contributed by atoms with E-state index < -0.39 is 0 Å². The summed E-state index contributed by atoms with van der Waals surface area (Å²) in [5.74, 6) is 0.713. The quantitative estimate of drug-likeness (QED) is 0.763. The number of nitrogens with one attached hydrogen (secondary N) is 1. The molecule has 2 heterocycles. The second-order valence-corrected chi connectivity index (χ2v) is 6.28. The molecule has 0 spiro atoms. The van der Waals surface area contributed by atoms with Crippen LogP contribution in [0, 0.1) is 0 Å². The molecule has 1 aromatic heterocycles. The fraction of sp³-hybridized carbons (Fsp3) is 0.188. The molecule has 5 nitrogen and oxygen atoms in total. The summed E-state index contributed by atoms with van der Waals surface area (Å²) < 4.78 is 2.94. The Hall–Kier alpha value is -2.21. The third kappa shape index (κ3) is 2.39. The summed E-state index contributed by atoms with van der Waals surface area (Å²) in [6.07, 6.45) is 0.901. The van der Waals surface area contributed by atoms with Crippen molar-refractivity contribution in [3.63, 3.8) is 0 Å². The Balaban J connectivity index is 1.74. The van der Waals surface area contributed by atoms with Crippen LogP contribution in [-0.4, -0.2) is 20.2 Å². The monoisotopic (exact) mass is 355 g/mol. The molecule has 0 amide bonds. The fourth-order valence-electron chi connectivity index (χ4n) is 2.93. The molecule has 0 saturated heterocycles. The minimum Gasteiger partial charge on any atom is -0.346 e. The number of halogens is 1. The highest BCUT2D eigenvalue weighted by Gasteiger charge is 2.30. The Morgan fingerprint density at radius 3 is 2.68 bits per heavy atom. The molecule has 0 bridgehead atoms. The van der Waals surface area contributed by atoms with Crippen molar-refractivity contribution in [1.29, 1.82) is 0 Å². The van der Waals surface area contributed by atoms with Gasteiger partial charge in [-0.1, -0.05) is 63.5 Å². The lowest BCUT2D eigenvalue weighted by Crippen LogP contribution is -2.28. The Morgan fingerprint density at radius 2 is 1.86 bits per heavy atom. The number of hydrogen-bond donors (Lipinski definition) is 1. The van der Waals surface area contributed by atoms with Gasteiger partial charge in [0.05, 0.1) is 12.1 Å². The average Bonchev–Trinajstić information content (AvgIpc) is 3.03. The maximum atomic E-state index is 4.14. The largest absolute Gasteiger partial charge is 0.346 e. The van der Waals surface area contributed by atoms with E-state index in [9.17, 15) is 0 Å². The van der Waals surface area contributed by atoms with Crippen LogP contribution in [0.2, 0.25) is 0 Å². The van der Waals surface area contributed by atoms with Gasteiger partial charge in [0.1, 0.15) is 0 Å². The zero-order valence-electron chi connectivity index (χ0n) is 11.7. The summed E-state index contributed by atoms with van der Waals surface area (Å²) in [5, 5.41) is 15.5. The summed E-state index contributed by atoms with van der Waals surface area (Å²) in [6.45, 7) is 0. The van der Waals surface area contributed by atoms with Gasteiger partial charge in [-0.05, 0) is 40.1 Å². The zero-order valence-corrected chi connectivity index (χ0v) is 13.3. The van der Waals surface area contributed by atoms with Crippen molar-refractivity contribution in [1.82, 2.24) is 20.2 Å². The summed E-state index contributed by atoms with van der Waals surface area (Å²) in [5.41, 5.74) is 2.45. The number of hydrogen-bond acceptors (Lipinski definition) is 4. The topological polar surface area (TPSA) is 55.6 Å². The van der Waals surface area contributed by atoms with Crippen LogP contribution in [0.4, 0.5) is 5.95 Å². The first-order chi connectivity index (χ1) is 10.8. The van der Waals surface area contributed by atoms with Gasteiger partial charge in [-0.3, -0.25) is 0 Å². The normalized spacial score (nSPS) is 20.2. The van der Waals surface area contributed by atoms with E-state index in [1.165, 1.54) is 11.1 Å². The van der Waals surface area contributed by atoms with E-state index >= 15 is 0 Å². The van der Waals surface area contributed by atoms with Gasteiger partial charge in [-0.2, -0.15) is 0 Å². The van der Waals surface area contributed by atoms with Crippen LogP contribution in [0.5, 0.6) is 0 Å². The molecule has 0 saturated carbocycles. The number of nitrogens with zero attached hydrogens (tertiary/aromatic N) is 4. The smallest absolute Gasteiger partial charge is 0.243 e. The van der Waals surface area contributed by atoms with Crippen molar-refractivity contribution in [2.75, 3.05) is 5.32 Å². The lowest BCUT2D eigenvalue weighted by atomic mass is 9.93. The summed E-state index contributed by atoms with van der Waals surface area (Å²) >= 11 is 3.54. The first-order valence-corrected chi connectivity index (χ1v) is 7.95. The molecule has 1 N–H and O–H groups in total. The van der Waals surface area contributed by atoms with Crippen LogP contribution in [0.1, 0.15) is 29.6 Å². The highest BCUT2D eigenvalue weighted by atomic mass is 79.9. The molecule has 1 aliphatic rings. The Bertz CT molecular complexity index is 786. The summed E-state index contributed by atoms with van der Waals surface area (Å²) in [6, 6.07) is 19.0. The fourth-order valence-corrected chi connectivity index (χ4v) is 3.35. The third-order valence-electron chi connectivity index (χ3n) is 3.99. The molecule has 0 radical (unpaired) electrons. The lowest BCUT2D eigenvalue weighted by Gasteiger charge is -2.31. The molecule has 0 unspecified atom stereocenters. The Kier molecular flexibility index (Phi) is 3.38. The van der Waals surface area contributed by atoms with Gasteiger partial charge in [0.25, 0.3) is 0 Å². The van der Waals surface area contributed by atoms with Crippen molar-refractivity contribution in [3.05, 3.63) is 70.2 Å². The minimum absolute atomic E-state index is 0.136. The molecule has 110 valence electrons.